The summed E-state index contributed by atoms with van der Waals surface area (Å²) in [7, 11) is 1.64. The molecule has 0 spiro atoms. The highest BCUT2D eigenvalue weighted by Crippen LogP contribution is 2.29. The van der Waals surface area contributed by atoms with Crippen LogP contribution in [0.5, 0.6) is 5.75 Å². The van der Waals surface area contributed by atoms with Gasteiger partial charge in [0.05, 0.1) is 7.11 Å². The van der Waals surface area contributed by atoms with Crippen LogP contribution in [0.3, 0.4) is 0 Å². The highest BCUT2D eigenvalue weighted by atomic mass is 32.2. The summed E-state index contributed by atoms with van der Waals surface area (Å²) in [5.41, 5.74) is 2.59. The smallest absolute Gasteiger partial charge is 0.266 e. The van der Waals surface area contributed by atoms with Crippen molar-refractivity contribution in [1.29, 1.82) is 5.26 Å². The highest BCUT2D eigenvalue weighted by Gasteiger charge is 2.13. The number of benzene rings is 2. The Labute approximate surface area is 185 Å². The molecule has 2 N–H and O–H groups in total. The first-order valence-electron chi connectivity index (χ1n) is 9.75. The van der Waals surface area contributed by atoms with Crippen LogP contribution in [-0.2, 0) is 11.2 Å². The van der Waals surface area contributed by atoms with E-state index in [-0.39, 0.29) is 17.9 Å². The summed E-state index contributed by atoms with van der Waals surface area (Å²) in [6.07, 6.45) is 0.696. The van der Waals surface area contributed by atoms with Gasteiger partial charge in [-0.15, -0.1) is 0 Å². The summed E-state index contributed by atoms with van der Waals surface area (Å²) in [6.45, 7) is 3.52. The van der Waals surface area contributed by atoms with Gasteiger partial charge in [-0.05, 0) is 79.9 Å². The molecule has 1 aromatic heterocycles. The minimum Gasteiger partial charge on any atom is -0.497 e. The number of anilines is 1. The molecule has 31 heavy (non-hydrogen) atoms. The van der Waals surface area contributed by atoms with E-state index < -0.39 is 5.56 Å². The summed E-state index contributed by atoms with van der Waals surface area (Å²) in [4.78, 5) is 29.1. The number of carbonyl (C=O) groups excluding carboxylic acids is 1. The number of amides is 1. The molecular weight excluding hydrogens is 410 g/mol. The van der Waals surface area contributed by atoms with Crippen molar-refractivity contribution in [3.05, 3.63) is 81.3 Å². The fraction of sp³-hybridized carbons (Fsp3) is 0.208. The number of H-pyrrole nitrogens is 1. The van der Waals surface area contributed by atoms with Gasteiger partial charge in [-0.1, -0.05) is 11.8 Å². The van der Waals surface area contributed by atoms with Crippen LogP contribution in [-0.4, -0.2) is 18.0 Å². The van der Waals surface area contributed by atoms with Gasteiger partial charge in [0, 0.05) is 27.6 Å². The van der Waals surface area contributed by atoms with Gasteiger partial charge in [-0.2, -0.15) is 5.26 Å². The quantitative estimate of drug-likeness (QED) is 0.568. The lowest BCUT2D eigenvalue weighted by molar-refractivity contribution is -0.116. The zero-order valence-corrected chi connectivity index (χ0v) is 18.4. The van der Waals surface area contributed by atoms with E-state index in [0.717, 1.165) is 26.8 Å². The maximum Gasteiger partial charge on any atom is 0.266 e. The van der Waals surface area contributed by atoms with Crippen LogP contribution in [0.15, 0.2) is 63.1 Å². The minimum atomic E-state index is -0.390. The third-order valence-electron chi connectivity index (χ3n) is 4.96. The molecule has 0 unspecified atom stereocenters. The average Bonchev–Trinajstić information content (AvgIpc) is 2.75. The molecule has 0 radical (unpaired) electrons. The van der Waals surface area contributed by atoms with Gasteiger partial charge in [0.2, 0.25) is 5.91 Å². The number of ether oxygens (including phenoxy) is 1. The Morgan fingerprint density at radius 2 is 1.71 bits per heavy atom. The van der Waals surface area contributed by atoms with E-state index >= 15 is 0 Å². The van der Waals surface area contributed by atoms with E-state index in [4.69, 9.17) is 10.00 Å². The van der Waals surface area contributed by atoms with Gasteiger partial charge in [-0.25, -0.2) is 0 Å². The van der Waals surface area contributed by atoms with E-state index in [0.29, 0.717) is 17.7 Å². The van der Waals surface area contributed by atoms with E-state index in [1.807, 2.05) is 54.6 Å². The Balaban J connectivity index is 1.59. The predicted octanol–water partition coefficient (Wildman–Crippen LogP) is 4.59. The van der Waals surface area contributed by atoms with Crippen molar-refractivity contribution in [1.82, 2.24) is 4.98 Å². The van der Waals surface area contributed by atoms with Crippen LogP contribution in [0.25, 0.3) is 0 Å². The molecule has 6 nitrogen and oxygen atoms in total. The Morgan fingerprint density at radius 1 is 1.10 bits per heavy atom. The lowest BCUT2D eigenvalue weighted by atomic mass is 9.99. The molecule has 3 aromatic rings. The molecule has 0 aliphatic carbocycles. The normalized spacial score (nSPS) is 10.4. The second-order valence-corrected chi connectivity index (χ2v) is 8.17. The van der Waals surface area contributed by atoms with E-state index in [1.165, 1.54) is 0 Å². The van der Waals surface area contributed by atoms with Crippen molar-refractivity contribution in [3.8, 4) is 11.8 Å². The Morgan fingerprint density at radius 3 is 2.29 bits per heavy atom. The number of aryl methyl sites for hydroxylation is 1. The lowest BCUT2D eigenvalue weighted by Crippen LogP contribution is -2.18. The van der Waals surface area contributed by atoms with E-state index in [2.05, 4.69) is 10.3 Å². The van der Waals surface area contributed by atoms with Gasteiger partial charge in [-0.3, -0.25) is 9.59 Å². The molecule has 158 valence electrons. The van der Waals surface area contributed by atoms with Crippen molar-refractivity contribution in [3.63, 3.8) is 0 Å². The number of methoxy groups -OCH3 is 1. The number of rotatable bonds is 7. The third kappa shape index (κ3) is 5.56. The molecule has 0 saturated carbocycles. The second kappa shape index (κ2) is 10.0. The van der Waals surface area contributed by atoms with Crippen molar-refractivity contribution >= 4 is 23.4 Å². The molecule has 0 saturated heterocycles. The number of hydrogen-bond donors (Lipinski definition) is 2. The fourth-order valence-electron chi connectivity index (χ4n) is 3.27. The van der Waals surface area contributed by atoms with Crippen molar-refractivity contribution < 1.29 is 9.53 Å². The Bertz CT molecular complexity index is 1180. The number of nitrogens with one attached hydrogen (secondary N) is 2. The van der Waals surface area contributed by atoms with Crippen LogP contribution in [0, 0.1) is 25.2 Å². The molecule has 0 aliphatic heterocycles. The summed E-state index contributed by atoms with van der Waals surface area (Å²) in [6, 6.07) is 17.4. The molecule has 1 amide bonds. The van der Waals surface area contributed by atoms with Gasteiger partial charge in [0.15, 0.2) is 0 Å². The zero-order chi connectivity index (χ0) is 22.4. The monoisotopic (exact) mass is 433 g/mol. The van der Waals surface area contributed by atoms with E-state index in [1.54, 1.807) is 32.7 Å². The summed E-state index contributed by atoms with van der Waals surface area (Å²) >= 11 is 1.63. The largest absolute Gasteiger partial charge is 0.497 e. The van der Waals surface area contributed by atoms with Gasteiger partial charge in [0.25, 0.3) is 5.56 Å². The predicted molar refractivity (Wildman–Crippen MR) is 122 cm³/mol. The first kappa shape index (κ1) is 22.2. The first-order valence-corrected chi connectivity index (χ1v) is 10.6. The number of aromatic amines is 1. The molecule has 7 heteroatoms. The zero-order valence-electron chi connectivity index (χ0n) is 17.6. The maximum absolute atomic E-state index is 12.4. The number of aromatic nitrogens is 1. The van der Waals surface area contributed by atoms with Crippen LogP contribution in [0.2, 0.25) is 0 Å². The topological polar surface area (TPSA) is 95.0 Å². The molecule has 0 bridgehead atoms. The standard InChI is InChI=1S/C24H23N3O3S/c1-15-21(16(2)26-24(29)22(15)14-25)12-13-23(28)27-17-4-8-19(9-5-17)31-20-10-6-18(30-3)7-11-20/h4-11H,12-13H2,1-3H3,(H,26,29)(H,27,28). The molecule has 1 heterocycles. The summed E-state index contributed by atoms with van der Waals surface area (Å²) in [5.74, 6) is 0.692. The third-order valence-corrected chi connectivity index (χ3v) is 5.97. The molecule has 0 atom stereocenters. The Hall–Kier alpha value is -3.50. The van der Waals surface area contributed by atoms with Crippen LogP contribution >= 0.6 is 11.8 Å². The van der Waals surface area contributed by atoms with Gasteiger partial charge >= 0.3 is 0 Å². The Kier molecular flexibility index (Phi) is 7.16. The minimum absolute atomic E-state index is 0.103. The van der Waals surface area contributed by atoms with Crippen LogP contribution in [0.1, 0.15) is 28.8 Å². The number of nitriles is 1. The number of pyridine rings is 1. The van der Waals surface area contributed by atoms with Crippen molar-refractivity contribution in [2.24, 2.45) is 0 Å². The molecule has 0 fully saturated rings. The van der Waals surface area contributed by atoms with Gasteiger partial charge < -0.3 is 15.0 Å². The highest BCUT2D eigenvalue weighted by molar-refractivity contribution is 7.99. The van der Waals surface area contributed by atoms with Crippen LogP contribution in [0.4, 0.5) is 5.69 Å². The first-order chi connectivity index (χ1) is 14.9. The van der Waals surface area contributed by atoms with Crippen molar-refractivity contribution in [2.75, 3.05) is 12.4 Å². The van der Waals surface area contributed by atoms with Gasteiger partial charge in [0.1, 0.15) is 17.4 Å². The van der Waals surface area contributed by atoms with Crippen LogP contribution < -0.4 is 15.6 Å². The van der Waals surface area contributed by atoms with Crippen molar-refractivity contribution in [2.45, 2.75) is 36.5 Å². The number of nitrogens with zero attached hydrogens (tertiary/aromatic N) is 1. The SMILES string of the molecule is COc1ccc(Sc2ccc(NC(=O)CCc3c(C)[nH]c(=O)c(C#N)c3C)cc2)cc1. The lowest BCUT2D eigenvalue weighted by Gasteiger charge is -2.11. The number of carbonyl (C=O) groups is 1. The average molecular weight is 434 g/mol. The summed E-state index contributed by atoms with van der Waals surface area (Å²) < 4.78 is 5.17. The second-order valence-electron chi connectivity index (χ2n) is 7.02. The molecular formula is C24H23N3O3S. The molecule has 2 aromatic carbocycles. The van der Waals surface area contributed by atoms with E-state index in [9.17, 15) is 9.59 Å². The maximum atomic E-state index is 12.4. The number of hydrogen-bond acceptors (Lipinski definition) is 5. The molecule has 0 aliphatic rings. The molecule has 3 rings (SSSR count). The summed E-state index contributed by atoms with van der Waals surface area (Å²) in [5, 5.41) is 12.1. The fourth-order valence-corrected chi connectivity index (χ4v) is 4.08.